The van der Waals surface area contributed by atoms with Gasteiger partial charge in [0.2, 0.25) is 5.91 Å². The van der Waals surface area contributed by atoms with Crippen LogP contribution in [0.1, 0.15) is 38.2 Å². The Morgan fingerprint density at radius 3 is 2.70 bits per heavy atom. The van der Waals surface area contributed by atoms with Crippen LogP contribution >= 0.6 is 0 Å². The van der Waals surface area contributed by atoms with Gasteiger partial charge < -0.3 is 15.7 Å². The summed E-state index contributed by atoms with van der Waals surface area (Å²) in [6.45, 7) is 4.33. The maximum absolute atomic E-state index is 12.6. The molecule has 0 unspecified atom stereocenters. The number of benzene rings is 1. The van der Waals surface area contributed by atoms with Crippen molar-refractivity contribution in [2.24, 2.45) is 5.41 Å². The monoisotopic (exact) mass is 276 g/mol. The SMILES string of the molecule is CCCC1(C(=O)NCc2ccccc2O)CCNCC1. The maximum atomic E-state index is 12.6. The second kappa shape index (κ2) is 6.75. The first-order chi connectivity index (χ1) is 9.68. The lowest BCUT2D eigenvalue weighted by Crippen LogP contribution is -2.47. The number of carbonyl (C=O) groups is 1. The van der Waals surface area contributed by atoms with Crippen LogP contribution in [-0.4, -0.2) is 24.1 Å². The average Bonchev–Trinajstić information content (AvgIpc) is 2.47. The van der Waals surface area contributed by atoms with Gasteiger partial charge in [-0.1, -0.05) is 31.5 Å². The van der Waals surface area contributed by atoms with E-state index in [0.717, 1.165) is 44.3 Å². The van der Waals surface area contributed by atoms with Crippen LogP contribution in [0, 0.1) is 5.41 Å². The molecule has 1 aliphatic rings. The number of phenolic OH excluding ortho intramolecular Hbond substituents is 1. The minimum atomic E-state index is -0.232. The van der Waals surface area contributed by atoms with Crippen molar-refractivity contribution in [2.75, 3.05) is 13.1 Å². The second-order valence-corrected chi connectivity index (χ2v) is 5.59. The minimum absolute atomic E-state index is 0.129. The van der Waals surface area contributed by atoms with Gasteiger partial charge in [0.05, 0.1) is 5.41 Å². The molecule has 0 bridgehead atoms. The van der Waals surface area contributed by atoms with Gasteiger partial charge in [-0.2, -0.15) is 0 Å². The zero-order chi connectivity index (χ0) is 14.4. The minimum Gasteiger partial charge on any atom is -0.508 e. The number of rotatable bonds is 5. The van der Waals surface area contributed by atoms with E-state index in [4.69, 9.17) is 0 Å². The Morgan fingerprint density at radius 1 is 1.35 bits per heavy atom. The van der Waals surface area contributed by atoms with Crippen LogP contribution in [0.25, 0.3) is 0 Å². The molecule has 4 nitrogen and oxygen atoms in total. The van der Waals surface area contributed by atoms with E-state index in [1.54, 1.807) is 12.1 Å². The summed E-state index contributed by atoms with van der Waals surface area (Å²) < 4.78 is 0. The van der Waals surface area contributed by atoms with E-state index < -0.39 is 0 Å². The first-order valence-electron chi connectivity index (χ1n) is 7.44. The van der Waals surface area contributed by atoms with E-state index in [9.17, 15) is 9.90 Å². The number of piperidine rings is 1. The molecule has 1 fully saturated rings. The summed E-state index contributed by atoms with van der Waals surface area (Å²) in [4.78, 5) is 12.6. The molecule has 1 aliphatic heterocycles. The first-order valence-corrected chi connectivity index (χ1v) is 7.44. The molecule has 0 radical (unpaired) electrons. The molecular weight excluding hydrogens is 252 g/mol. The van der Waals surface area contributed by atoms with Crippen molar-refractivity contribution in [3.05, 3.63) is 29.8 Å². The summed E-state index contributed by atoms with van der Waals surface area (Å²) in [6, 6.07) is 7.14. The number of amides is 1. The van der Waals surface area contributed by atoms with E-state index in [1.807, 2.05) is 12.1 Å². The molecule has 1 saturated heterocycles. The second-order valence-electron chi connectivity index (χ2n) is 5.59. The molecule has 0 atom stereocenters. The van der Waals surface area contributed by atoms with E-state index >= 15 is 0 Å². The predicted octanol–water partition coefficient (Wildman–Crippen LogP) is 2.18. The topological polar surface area (TPSA) is 61.4 Å². The van der Waals surface area contributed by atoms with E-state index in [1.165, 1.54) is 0 Å². The van der Waals surface area contributed by atoms with E-state index in [2.05, 4.69) is 17.6 Å². The van der Waals surface area contributed by atoms with Gasteiger partial charge in [0, 0.05) is 12.1 Å². The Kier molecular flexibility index (Phi) is 5.01. The number of carbonyl (C=O) groups excluding carboxylic acids is 1. The fraction of sp³-hybridized carbons (Fsp3) is 0.562. The van der Waals surface area contributed by atoms with Crippen molar-refractivity contribution in [1.29, 1.82) is 0 Å². The number of nitrogens with one attached hydrogen (secondary N) is 2. The summed E-state index contributed by atoms with van der Waals surface area (Å²) in [5.41, 5.74) is 0.533. The highest BCUT2D eigenvalue weighted by Crippen LogP contribution is 2.34. The van der Waals surface area contributed by atoms with Gasteiger partial charge >= 0.3 is 0 Å². The molecule has 0 aromatic heterocycles. The standard InChI is InChI=1S/C16H24N2O2/c1-2-7-16(8-10-17-11-9-16)15(20)18-12-13-5-3-4-6-14(13)19/h3-6,17,19H,2,7-12H2,1H3,(H,18,20). The Bertz CT molecular complexity index is 448. The Labute approximate surface area is 120 Å². The fourth-order valence-corrected chi connectivity index (χ4v) is 3.00. The van der Waals surface area contributed by atoms with Crippen molar-refractivity contribution in [1.82, 2.24) is 10.6 Å². The van der Waals surface area contributed by atoms with Crippen LogP contribution < -0.4 is 10.6 Å². The number of aromatic hydroxyl groups is 1. The lowest BCUT2D eigenvalue weighted by molar-refractivity contribution is -0.133. The third-order valence-electron chi connectivity index (χ3n) is 4.20. The van der Waals surface area contributed by atoms with Gasteiger partial charge in [-0.15, -0.1) is 0 Å². The van der Waals surface area contributed by atoms with Gasteiger partial charge in [-0.3, -0.25) is 4.79 Å². The Hall–Kier alpha value is -1.55. The molecule has 110 valence electrons. The highest BCUT2D eigenvalue weighted by Gasteiger charge is 2.38. The van der Waals surface area contributed by atoms with Crippen LogP contribution in [-0.2, 0) is 11.3 Å². The quantitative estimate of drug-likeness (QED) is 0.772. The van der Waals surface area contributed by atoms with Gasteiger partial charge in [-0.25, -0.2) is 0 Å². The highest BCUT2D eigenvalue weighted by atomic mass is 16.3. The Morgan fingerprint density at radius 2 is 2.05 bits per heavy atom. The Balaban J connectivity index is 2.00. The first kappa shape index (κ1) is 14.9. The maximum Gasteiger partial charge on any atom is 0.226 e. The normalized spacial score (nSPS) is 17.6. The predicted molar refractivity (Wildman–Crippen MR) is 79.4 cm³/mol. The van der Waals surface area contributed by atoms with Crippen LogP contribution in [0.4, 0.5) is 0 Å². The molecule has 1 aromatic rings. The molecule has 1 aromatic carbocycles. The summed E-state index contributed by atoms with van der Waals surface area (Å²) >= 11 is 0. The van der Waals surface area contributed by atoms with Crippen LogP contribution in [0.2, 0.25) is 0 Å². The van der Waals surface area contributed by atoms with E-state index in [-0.39, 0.29) is 17.1 Å². The smallest absolute Gasteiger partial charge is 0.226 e. The highest BCUT2D eigenvalue weighted by molar-refractivity contribution is 5.82. The molecule has 0 saturated carbocycles. The van der Waals surface area contributed by atoms with Crippen LogP contribution in [0.3, 0.4) is 0 Å². The summed E-state index contributed by atoms with van der Waals surface area (Å²) in [5, 5.41) is 16.1. The third-order valence-corrected chi connectivity index (χ3v) is 4.20. The molecule has 1 heterocycles. The molecule has 0 spiro atoms. The molecule has 0 aliphatic carbocycles. The van der Waals surface area contributed by atoms with Crippen molar-refractivity contribution in [2.45, 2.75) is 39.2 Å². The molecule has 1 amide bonds. The average molecular weight is 276 g/mol. The number of phenols is 1. The summed E-state index contributed by atoms with van der Waals surface area (Å²) in [7, 11) is 0. The summed E-state index contributed by atoms with van der Waals surface area (Å²) in [5.74, 6) is 0.367. The number of hydrogen-bond acceptors (Lipinski definition) is 3. The van der Waals surface area contributed by atoms with Crippen LogP contribution in [0.15, 0.2) is 24.3 Å². The largest absolute Gasteiger partial charge is 0.508 e. The van der Waals surface area contributed by atoms with Crippen LogP contribution in [0.5, 0.6) is 5.75 Å². The van der Waals surface area contributed by atoms with Gasteiger partial charge in [0.1, 0.15) is 5.75 Å². The zero-order valence-corrected chi connectivity index (χ0v) is 12.1. The molecule has 20 heavy (non-hydrogen) atoms. The lowest BCUT2D eigenvalue weighted by Gasteiger charge is -2.36. The van der Waals surface area contributed by atoms with Crippen molar-refractivity contribution >= 4 is 5.91 Å². The molecule has 4 heteroatoms. The van der Waals surface area contributed by atoms with Gasteiger partial charge in [0.25, 0.3) is 0 Å². The number of para-hydroxylation sites is 1. The molecule has 3 N–H and O–H groups in total. The van der Waals surface area contributed by atoms with Gasteiger partial charge in [-0.05, 0) is 38.4 Å². The lowest BCUT2D eigenvalue weighted by atomic mass is 9.74. The third kappa shape index (κ3) is 3.31. The fourth-order valence-electron chi connectivity index (χ4n) is 3.00. The van der Waals surface area contributed by atoms with Crippen molar-refractivity contribution in [3.63, 3.8) is 0 Å². The van der Waals surface area contributed by atoms with Gasteiger partial charge in [0.15, 0.2) is 0 Å². The zero-order valence-electron chi connectivity index (χ0n) is 12.1. The summed E-state index contributed by atoms with van der Waals surface area (Å²) in [6.07, 6.45) is 3.74. The molecule has 2 rings (SSSR count). The van der Waals surface area contributed by atoms with E-state index in [0.29, 0.717) is 6.54 Å². The number of hydrogen-bond donors (Lipinski definition) is 3. The van der Waals surface area contributed by atoms with Crippen molar-refractivity contribution in [3.8, 4) is 5.75 Å². The van der Waals surface area contributed by atoms with Crippen molar-refractivity contribution < 1.29 is 9.90 Å². The molecular formula is C16H24N2O2.